The molecule has 0 aliphatic rings. The van der Waals surface area contributed by atoms with Crippen LogP contribution in [0.15, 0.2) is 23.6 Å². The number of halogens is 1. The lowest BCUT2D eigenvalue weighted by atomic mass is 10.2. The van der Waals surface area contributed by atoms with E-state index in [1.807, 2.05) is 5.38 Å². The summed E-state index contributed by atoms with van der Waals surface area (Å²) in [5.74, 6) is 0. The summed E-state index contributed by atoms with van der Waals surface area (Å²) in [5.41, 5.74) is 2.38. The van der Waals surface area contributed by atoms with E-state index in [9.17, 15) is 0 Å². The number of nitrogens with zero attached hydrogens (tertiary/aromatic N) is 2. The predicted octanol–water partition coefficient (Wildman–Crippen LogP) is 4.50. The van der Waals surface area contributed by atoms with Gasteiger partial charge in [0.25, 0.3) is 0 Å². The van der Waals surface area contributed by atoms with Crippen LogP contribution in [-0.2, 0) is 12.8 Å². The molecule has 0 bridgehead atoms. The number of benzene rings is 1. The van der Waals surface area contributed by atoms with Gasteiger partial charge in [0, 0.05) is 18.2 Å². The lowest BCUT2D eigenvalue weighted by Crippen LogP contribution is -1.89. The second kappa shape index (κ2) is 4.96. The van der Waals surface area contributed by atoms with E-state index in [2.05, 4.69) is 35.1 Å². The first kappa shape index (κ1) is 12.1. The van der Waals surface area contributed by atoms with Crippen LogP contribution in [0.2, 0.25) is 5.15 Å². The molecule has 0 aliphatic heterocycles. The first-order valence-electron chi connectivity index (χ1n) is 5.67. The normalized spacial score (nSPS) is 11.2. The minimum Gasteiger partial charge on any atom is -0.241 e. The van der Waals surface area contributed by atoms with E-state index in [0.717, 1.165) is 23.4 Å². The largest absolute Gasteiger partial charge is 0.241 e. The molecule has 0 saturated carbocycles. The summed E-state index contributed by atoms with van der Waals surface area (Å²) in [6.07, 6.45) is 1.85. The van der Waals surface area contributed by atoms with Crippen LogP contribution >= 0.6 is 34.3 Å². The van der Waals surface area contributed by atoms with Crippen LogP contribution in [0, 0.1) is 6.92 Å². The van der Waals surface area contributed by atoms with Gasteiger partial charge >= 0.3 is 0 Å². The fourth-order valence-electron chi connectivity index (χ4n) is 1.80. The zero-order valence-corrected chi connectivity index (χ0v) is 12.2. The molecule has 2 aromatic heterocycles. The van der Waals surface area contributed by atoms with Crippen LogP contribution in [-0.4, -0.2) is 9.97 Å². The van der Waals surface area contributed by atoms with Crippen molar-refractivity contribution in [1.29, 1.82) is 0 Å². The van der Waals surface area contributed by atoms with Crippen LogP contribution in [0.4, 0.5) is 0 Å². The fourth-order valence-corrected chi connectivity index (χ4v) is 3.81. The molecule has 3 rings (SSSR count). The number of aromatic nitrogens is 2. The van der Waals surface area contributed by atoms with E-state index < -0.39 is 0 Å². The minimum atomic E-state index is 0.593. The molecular formula is C13H11ClN2S2. The van der Waals surface area contributed by atoms with E-state index in [1.54, 1.807) is 22.7 Å². The van der Waals surface area contributed by atoms with Crippen LogP contribution in [0.25, 0.3) is 10.2 Å². The zero-order valence-electron chi connectivity index (χ0n) is 9.81. The number of rotatable bonds is 3. The van der Waals surface area contributed by atoms with E-state index in [-0.39, 0.29) is 0 Å². The molecule has 0 N–H and O–H groups in total. The summed E-state index contributed by atoms with van der Waals surface area (Å²) in [4.78, 5) is 8.89. The molecule has 5 heteroatoms. The standard InChI is InChI=1S/C13H11ClN2S2/c1-8-2-3-9-10(6-8)18-13(15-9)5-4-12-16-11(14)7-17-12/h2-3,6-7H,4-5H2,1H3. The van der Waals surface area contributed by atoms with E-state index in [1.165, 1.54) is 15.3 Å². The van der Waals surface area contributed by atoms with Crippen molar-refractivity contribution in [3.05, 3.63) is 44.3 Å². The van der Waals surface area contributed by atoms with Crippen LogP contribution in [0.5, 0.6) is 0 Å². The lowest BCUT2D eigenvalue weighted by molar-refractivity contribution is 0.934. The monoisotopic (exact) mass is 294 g/mol. The van der Waals surface area contributed by atoms with Gasteiger partial charge in [-0.2, -0.15) is 0 Å². The third kappa shape index (κ3) is 2.55. The third-order valence-corrected chi connectivity index (χ3v) is 4.97. The summed E-state index contributed by atoms with van der Waals surface area (Å²) in [6, 6.07) is 6.38. The third-order valence-electron chi connectivity index (χ3n) is 2.66. The second-order valence-electron chi connectivity index (χ2n) is 4.14. The van der Waals surface area contributed by atoms with Gasteiger partial charge in [-0.3, -0.25) is 0 Å². The number of thiazole rings is 2. The Morgan fingerprint density at radius 1 is 1.17 bits per heavy atom. The van der Waals surface area contributed by atoms with Gasteiger partial charge in [-0.1, -0.05) is 17.7 Å². The Kier molecular flexibility index (Phi) is 3.33. The minimum absolute atomic E-state index is 0.593. The summed E-state index contributed by atoms with van der Waals surface area (Å²) in [7, 11) is 0. The quantitative estimate of drug-likeness (QED) is 0.711. The van der Waals surface area contributed by atoms with Crippen LogP contribution < -0.4 is 0 Å². The predicted molar refractivity (Wildman–Crippen MR) is 78.9 cm³/mol. The van der Waals surface area contributed by atoms with Crippen molar-refractivity contribution in [2.45, 2.75) is 19.8 Å². The summed E-state index contributed by atoms with van der Waals surface area (Å²) in [5, 5.41) is 4.71. The number of hydrogen-bond acceptors (Lipinski definition) is 4. The van der Waals surface area contributed by atoms with Crippen LogP contribution in [0.1, 0.15) is 15.6 Å². The molecule has 1 aromatic carbocycles. The van der Waals surface area contributed by atoms with Crippen LogP contribution in [0.3, 0.4) is 0 Å². The molecule has 92 valence electrons. The van der Waals surface area contributed by atoms with Gasteiger partial charge in [-0.05, 0) is 24.6 Å². The van der Waals surface area contributed by atoms with Crippen molar-refractivity contribution in [3.8, 4) is 0 Å². The van der Waals surface area contributed by atoms with Gasteiger partial charge in [0.15, 0.2) is 0 Å². The van der Waals surface area contributed by atoms with E-state index in [4.69, 9.17) is 11.6 Å². The SMILES string of the molecule is Cc1ccc2nc(CCc3nc(Cl)cs3)sc2c1. The molecule has 0 spiro atoms. The van der Waals surface area contributed by atoms with E-state index in [0.29, 0.717) is 5.15 Å². The molecule has 2 nitrogen and oxygen atoms in total. The Labute approximate surface area is 118 Å². The fraction of sp³-hybridized carbons (Fsp3) is 0.231. The van der Waals surface area contributed by atoms with Gasteiger partial charge in [0.2, 0.25) is 0 Å². The highest BCUT2D eigenvalue weighted by Crippen LogP contribution is 2.24. The second-order valence-corrected chi connectivity index (χ2v) is 6.59. The van der Waals surface area contributed by atoms with Crippen molar-refractivity contribution in [2.75, 3.05) is 0 Å². The van der Waals surface area contributed by atoms with Gasteiger partial charge in [0.1, 0.15) is 5.15 Å². The van der Waals surface area contributed by atoms with Crippen molar-refractivity contribution < 1.29 is 0 Å². The molecule has 0 atom stereocenters. The van der Waals surface area contributed by atoms with Crippen molar-refractivity contribution in [1.82, 2.24) is 9.97 Å². The Morgan fingerprint density at radius 2 is 2.00 bits per heavy atom. The molecule has 0 saturated heterocycles. The lowest BCUT2D eigenvalue weighted by Gasteiger charge is -1.91. The van der Waals surface area contributed by atoms with Crippen molar-refractivity contribution in [2.24, 2.45) is 0 Å². The topological polar surface area (TPSA) is 25.8 Å². The zero-order chi connectivity index (χ0) is 12.5. The molecule has 0 unspecified atom stereocenters. The Balaban J connectivity index is 1.78. The molecular weight excluding hydrogens is 284 g/mol. The number of fused-ring (bicyclic) bond motifs is 1. The average Bonchev–Trinajstić information content (AvgIpc) is 2.92. The van der Waals surface area contributed by atoms with Crippen molar-refractivity contribution in [3.63, 3.8) is 0 Å². The van der Waals surface area contributed by atoms with Gasteiger partial charge in [-0.15, -0.1) is 22.7 Å². The average molecular weight is 295 g/mol. The summed E-state index contributed by atoms with van der Waals surface area (Å²) in [6.45, 7) is 2.11. The summed E-state index contributed by atoms with van der Waals surface area (Å²) < 4.78 is 1.27. The van der Waals surface area contributed by atoms with E-state index >= 15 is 0 Å². The molecule has 0 fully saturated rings. The summed E-state index contributed by atoms with van der Waals surface area (Å²) >= 11 is 9.19. The maximum Gasteiger partial charge on any atom is 0.140 e. The van der Waals surface area contributed by atoms with Gasteiger partial charge in [0.05, 0.1) is 20.2 Å². The molecule has 0 radical (unpaired) electrons. The maximum absolute atomic E-state index is 5.81. The molecule has 0 amide bonds. The number of hydrogen-bond donors (Lipinski definition) is 0. The number of aryl methyl sites for hydroxylation is 3. The highest BCUT2D eigenvalue weighted by molar-refractivity contribution is 7.18. The molecule has 3 aromatic rings. The highest BCUT2D eigenvalue weighted by atomic mass is 35.5. The smallest absolute Gasteiger partial charge is 0.140 e. The maximum atomic E-state index is 5.81. The Bertz CT molecular complexity index is 687. The highest BCUT2D eigenvalue weighted by Gasteiger charge is 2.06. The Morgan fingerprint density at radius 3 is 2.78 bits per heavy atom. The first-order valence-corrected chi connectivity index (χ1v) is 7.74. The van der Waals surface area contributed by atoms with Gasteiger partial charge in [-0.25, -0.2) is 9.97 Å². The first-order chi connectivity index (χ1) is 8.70. The Hall–Kier alpha value is -0.970. The van der Waals surface area contributed by atoms with Gasteiger partial charge < -0.3 is 0 Å². The molecule has 2 heterocycles. The van der Waals surface area contributed by atoms with Crippen molar-refractivity contribution >= 4 is 44.5 Å². The molecule has 0 aliphatic carbocycles. The molecule has 18 heavy (non-hydrogen) atoms.